The number of hydrogen-bond donors (Lipinski definition) is 1. The quantitative estimate of drug-likeness (QED) is 0.689. The minimum atomic E-state index is -3.69. The number of sulfonamides is 1. The van der Waals surface area contributed by atoms with Crippen LogP contribution in [0.3, 0.4) is 0 Å². The first kappa shape index (κ1) is 19.9. The second kappa shape index (κ2) is 8.04. The van der Waals surface area contributed by atoms with Crippen LogP contribution < -0.4 is 10.3 Å². The van der Waals surface area contributed by atoms with Crippen molar-refractivity contribution in [3.05, 3.63) is 81.9 Å². The van der Waals surface area contributed by atoms with E-state index in [4.69, 9.17) is 0 Å². The lowest BCUT2D eigenvalue weighted by Crippen LogP contribution is -2.32. The average molecular weight is 401 g/mol. The molecule has 0 amide bonds. The number of nitrogens with zero attached hydrogens (tertiary/aromatic N) is 2. The molecule has 0 aliphatic heterocycles. The van der Waals surface area contributed by atoms with Gasteiger partial charge in [-0.1, -0.05) is 6.07 Å². The molecule has 0 radical (unpaired) electrons. The topological polar surface area (TPSA) is 81.1 Å². The lowest BCUT2D eigenvalue weighted by atomic mass is 10.1. The molecule has 0 atom stereocenters. The number of halogens is 1. The van der Waals surface area contributed by atoms with Crippen molar-refractivity contribution >= 4 is 10.0 Å². The SMILES string of the molecule is Cc1cc(C)cc(S(=O)(=O)NCCn2nc(-c3ccc(F)cc3)ccc2=O)c1. The second-order valence-corrected chi connectivity index (χ2v) is 8.27. The number of benzene rings is 2. The fourth-order valence-corrected chi connectivity index (χ4v) is 4.05. The van der Waals surface area contributed by atoms with Crippen LogP contribution in [0.15, 0.2) is 64.3 Å². The number of hydrogen-bond acceptors (Lipinski definition) is 4. The molecule has 146 valence electrons. The Labute approximate surface area is 162 Å². The molecule has 28 heavy (non-hydrogen) atoms. The van der Waals surface area contributed by atoms with Crippen molar-refractivity contribution in [3.63, 3.8) is 0 Å². The van der Waals surface area contributed by atoms with E-state index in [-0.39, 0.29) is 29.4 Å². The molecule has 0 aliphatic rings. The van der Waals surface area contributed by atoms with Crippen molar-refractivity contribution < 1.29 is 12.8 Å². The molecule has 3 rings (SSSR count). The highest BCUT2D eigenvalue weighted by molar-refractivity contribution is 7.89. The predicted molar refractivity (Wildman–Crippen MR) is 105 cm³/mol. The Kier molecular flexibility index (Phi) is 5.71. The van der Waals surface area contributed by atoms with Gasteiger partial charge in [0.1, 0.15) is 5.82 Å². The van der Waals surface area contributed by atoms with Crippen LogP contribution in [0.4, 0.5) is 4.39 Å². The first-order chi connectivity index (χ1) is 13.2. The Balaban J connectivity index is 1.74. The van der Waals surface area contributed by atoms with Crippen LogP contribution in [-0.2, 0) is 16.6 Å². The fraction of sp³-hybridized carbons (Fsp3) is 0.200. The molecule has 0 fully saturated rings. The van der Waals surface area contributed by atoms with Crippen LogP contribution in [0.5, 0.6) is 0 Å². The third kappa shape index (κ3) is 4.71. The Morgan fingerprint density at radius 1 is 1.00 bits per heavy atom. The molecule has 2 aromatic carbocycles. The second-order valence-electron chi connectivity index (χ2n) is 6.51. The number of rotatable bonds is 6. The van der Waals surface area contributed by atoms with Crippen molar-refractivity contribution in [3.8, 4) is 11.3 Å². The van der Waals surface area contributed by atoms with E-state index in [0.717, 1.165) is 11.1 Å². The van der Waals surface area contributed by atoms with Crippen LogP contribution in [0.1, 0.15) is 11.1 Å². The van der Waals surface area contributed by atoms with Crippen molar-refractivity contribution in [1.82, 2.24) is 14.5 Å². The molecule has 1 N–H and O–H groups in total. The molecule has 0 saturated carbocycles. The monoisotopic (exact) mass is 401 g/mol. The van der Waals surface area contributed by atoms with E-state index in [9.17, 15) is 17.6 Å². The van der Waals surface area contributed by atoms with Gasteiger partial charge in [-0.2, -0.15) is 5.10 Å². The molecule has 6 nitrogen and oxygen atoms in total. The lowest BCUT2D eigenvalue weighted by Gasteiger charge is -2.10. The van der Waals surface area contributed by atoms with Crippen molar-refractivity contribution in [2.45, 2.75) is 25.3 Å². The highest BCUT2D eigenvalue weighted by atomic mass is 32.2. The summed E-state index contributed by atoms with van der Waals surface area (Å²) in [6.07, 6.45) is 0. The Bertz CT molecular complexity index is 1140. The van der Waals surface area contributed by atoms with Crippen LogP contribution in [0.25, 0.3) is 11.3 Å². The van der Waals surface area contributed by atoms with Crippen molar-refractivity contribution in [2.75, 3.05) is 6.54 Å². The Morgan fingerprint density at radius 2 is 1.64 bits per heavy atom. The van der Waals surface area contributed by atoms with Gasteiger partial charge in [-0.25, -0.2) is 22.2 Å². The highest BCUT2D eigenvalue weighted by Crippen LogP contribution is 2.16. The van der Waals surface area contributed by atoms with E-state index in [1.54, 1.807) is 30.3 Å². The van der Waals surface area contributed by atoms with E-state index < -0.39 is 10.0 Å². The van der Waals surface area contributed by atoms with E-state index in [0.29, 0.717) is 11.3 Å². The summed E-state index contributed by atoms with van der Waals surface area (Å²) in [4.78, 5) is 12.2. The van der Waals surface area contributed by atoms with Crippen LogP contribution in [0.2, 0.25) is 0 Å². The maximum atomic E-state index is 13.1. The van der Waals surface area contributed by atoms with Gasteiger partial charge in [0.15, 0.2) is 0 Å². The molecule has 0 spiro atoms. The molecular formula is C20H20FN3O3S. The lowest BCUT2D eigenvalue weighted by molar-refractivity contribution is 0.548. The molecule has 1 aromatic heterocycles. The van der Waals surface area contributed by atoms with Gasteiger partial charge in [0.25, 0.3) is 5.56 Å². The minimum absolute atomic E-state index is 0.00903. The minimum Gasteiger partial charge on any atom is -0.268 e. The van der Waals surface area contributed by atoms with E-state index in [1.165, 1.54) is 22.9 Å². The van der Waals surface area contributed by atoms with Crippen LogP contribution in [0, 0.1) is 19.7 Å². The standard InChI is InChI=1S/C20H20FN3O3S/c1-14-11-15(2)13-18(12-14)28(26,27)22-9-10-24-20(25)8-7-19(23-24)16-3-5-17(21)6-4-16/h3-8,11-13,22H,9-10H2,1-2H3. The Hall–Kier alpha value is -2.84. The normalized spacial score (nSPS) is 11.5. The van der Waals surface area contributed by atoms with Crippen molar-refractivity contribution in [2.24, 2.45) is 0 Å². The number of aryl methyl sites for hydroxylation is 2. The van der Waals surface area contributed by atoms with Gasteiger partial charge in [-0.3, -0.25) is 4.79 Å². The van der Waals surface area contributed by atoms with E-state index >= 15 is 0 Å². The molecule has 0 aliphatic carbocycles. The molecule has 0 bridgehead atoms. The Morgan fingerprint density at radius 3 is 2.29 bits per heavy atom. The third-order valence-corrected chi connectivity index (χ3v) is 5.57. The molecular weight excluding hydrogens is 381 g/mol. The third-order valence-electron chi connectivity index (χ3n) is 4.13. The van der Waals surface area contributed by atoms with Gasteiger partial charge >= 0.3 is 0 Å². The van der Waals surface area contributed by atoms with E-state index in [1.807, 2.05) is 19.9 Å². The molecule has 0 saturated heterocycles. The summed E-state index contributed by atoms with van der Waals surface area (Å²) in [6, 6.07) is 13.7. The van der Waals surface area contributed by atoms with Crippen molar-refractivity contribution in [1.29, 1.82) is 0 Å². The molecule has 1 heterocycles. The summed E-state index contributed by atoms with van der Waals surface area (Å²) in [6.45, 7) is 3.74. The van der Waals surface area contributed by atoms with Crippen LogP contribution >= 0.6 is 0 Å². The zero-order valence-electron chi connectivity index (χ0n) is 15.5. The fourth-order valence-electron chi connectivity index (χ4n) is 2.84. The first-order valence-corrected chi connectivity index (χ1v) is 10.1. The van der Waals surface area contributed by atoms with Gasteiger partial charge in [0, 0.05) is 18.2 Å². The van der Waals surface area contributed by atoms with Gasteiger partial charge < -0.3 is 0 Å². The number of nitrogens with one attached hydrogen (secondary N) is 1. The van der Waals surface area contributed by atoms with E-state index in [2.05, 4.69) is 9.82 Å². The molecule has 0 unspecified atom stereocenters. The first-order valence-electron chi connectivity index (χ1n) is 8.67. The highest BCUT2D eigenvalue weighted by Gasteiger charge is 2.14. The molecule has 3 aromatic rings. The van der Waals surface area contributed by atoms with Gasteiger partial charge in [-0.15, -0.1) is 0 Å². The van der Waals surface area contributed by atoms with Crippen LogP contribution in [-0.4, -0.2) is 24.7 Å². The summed E-state index contributed by atoms with van der Waals surface area (Å²) in [5.41, 5.74) is 2.51. The summed E-state index contributed by atoms with van der Waals surface area (Å²) < 4.78 is 41.7. The smallest absolute Gasteiger partial charge is 0.266 e. The maximum Gasteiger partial charge on any atom is 0.266 e. The summed E-state index contributed by atoms with van der Waals surface area (Å²) >= 11 is 0. The number of aromatic nitrogens is 2. The summed E-state index contributed by atoms with van der Waals surface area (Å²) in [7, 11) is -3.69. The average Bonchev–Trinajstić information content (AvgIpc) is 2.63. The van der Waals surface area contributed by atoms with Gasteiger partial charge in [0.05, 0.1) is 17.1 Å². The largest absolute Gasteiger partial charge is 0.268 e. The maximum absolute atomic E-state index is 13.1. The summed E-state index contributed by atoms with van der Waals surface area (Å²) in [5, 5.41) is 4.24. The summed E-state index contributed by atoms with van der Waals surface area (Å²) in [5.74, 6) is -0.363. The van der Waals surface area contributed by atoms with Gasteiger partial charge in [0.2, 0.25) is 10.0 Å². The zero-order chi connectivity index (χ0) is 20.3. The van der Waals surface area contributed by atoms with Gasteiger partial charge in [-0.05, 0) is 67.4 Å². The molecule has 8 heteroatoms. The zero-order valence-corrected chi connectivity index (χ0v) is 16.3. The predicted octanol–water partition coefficient (Wildman–Crippen LogP) is 2.64.